The SMILES string of the molecule is CN=C(NCC(C)(C)Sc1ccc(Br)cc1)N(C)Cc1ncnn1C. The second-order valence-electron chi connectivity index (χ2n) is 6.37. The predicted molar refractivity (Wildman–Crippen MR) is 108 cm³/mol. The molecule has 1 aromatic heterocycles. The number of aliphatic imine (C=N–C) groups is 1. The number of hydrogen-bond donors (Lipinski definition) is 1. The lowest BCUT2D eigenvalue weighted by Gasteiger charge is -2.28. The molecule has 1 aromatic carbocycles. The van der Waals surface area contributed by atoms with Crippen molar-refractivity contribution in [1.82, 2.24) is 25.0 Å². The Hall–Kier alpha value is -1.54. The third-order valence-corrected chi connectivity index (χ3v) is 5.37. The molecule has 0 fully saturated rings. The summed E-state index contributed by atoms with van der Waals surface area (Å²) in [7, 11) is 5.69. The van der Waals surface area contributed by atoms with Crippen molar-refractivity contribution >= 4 is 33.7 Å². The number of halogens is 1. The molecule has 1 N–H and O–H groups in total. The van der Waals surface area contributed by atoms with Crippen molar-refractivity contribution < 1.29 is 0 Å². The van der Waals surface area contributed by atoms with Crippen molar-refractivity contribution in [2.75, 3.05) is 20.6 Å². The Labute approximate surface area is 162 Å². The molecule has 0 radical (unpaired) electrons. The van der Waals surface area contributed by atoms with Gasteiger partial charge in [-0.3, -0.25) is 9.67 Å². The van der Waals surface area contributed by atoms with E-state index in [-0.39, 0.29) is 4.75 Å². The van der Waals surface area contributed by atoms with Gasteiger partial charge in [-0.1, -0.05) is 15.9 Å². The third-order valence-electron chi connectivity index (χ3n) is 3.64. The van der Waals surface area contributed by atoms with Gasteiger partial charge >= 0.3 is 0 Å². The number of nitrogens with zero attached hydrogens (tertiary/aromatic N) is 5. The molecule has 0 saturated heterocycles. The van der Waals surface area contributed by atoms with Crippen LogP contribution in [0.25, 0.3) is 0 Å². The smallest absolute Gasteiger partial charge is 0.193 e. The van der Waals surface area contributed by atoms with Crippen LogP contribution in [0, 0.1) is 0 Å². The average molecular weight is 425 g/mol. The molecule has 0 spiro atoms. The quantitative estimate of drug-likeness (QED) is 0.438. The molecule has 6 nitrogen and oxygen atoms in total. The number of thioether (sulfide) groups is 1. The van der Waals surface area contributed by atoms with Crippen LogP contribution in [0.4, 0.5) is 0 Å². The van der Waals surface area contributed by atoms with Gasteiger partial charge in [-0.15, -0.1) is 11.8 Å². The minimum Gasteiger partial charge on any atom is -0.355 e. The molecule has 0 unspecified atom stereocenters. The maximum Gasteiger partial charge on any atom is 0.193 e. The van der Waals surface area contributed by atoms with Gasteiger partial charge in [-0.2, -0.15) is 5.10 Å². The normalized spacial score (nSPS) is 12.3. The van der Waals surface area contributed by atoms with E-state index in [0.29, 0.717) is 6.54 Å². The van der Waals surface area contributed by atoms with E-state index in [4.69, 9.17) is 0 Å². The number of benzene rings is 1. The highest BCUT2D eigenvalue weighted by Gasteiger charge is 2.21. The van der Waals surface area contributed by atoms with Crippen molar-refractivity contribution in [1.29, 1.82) is 0 Å². The van der Waals surface area contributed by atoms with E-state index in [9.17, 15) is 0 Å². The van der Waals surface area contributed by atoms with Gasteiger partial charge in [0.15, 0.2) is 5.96 Å². The zero-order valence-corrected chi connectivity index (χ0v) is 17.7. The Bertz CT molecular complexity index is 710. The van der Waals surface area contributed by atoms with Crippen LogP contribution in [0.5, 0.6) is 0 Å². The molecular weight excluding hydrogens is 400 g/mol. The van der Waals surface area contributed by atoms with Gasteiger partial charge in [0.2, 0.25) is 0 Å². The Morgan fingerprint density at radius 2 is 2.04 bits per heavy atom. The minimum absolute atomic E-state index is 0.0232. The summed E-state index contributed by atoms with van der Waals surface area (Å²) >= 11 is 5.32. The zero-order valence-electron chi connectivity index (χ0n) is 15.3. The van der Waals surface area contributed by atoms with Crippen LogP contribution in [0.15, 0.2) is 45.0 Å². The summed E-state index contributed by atoms with van der Waals surface area (Å²) in [5.74, 6) is 1.74. The first kappa shape index (κ1) is 19.8. The van der Waals surface area contributed by atoms with E-state index in [1.807, 2.05) is 30.8 Å². The number of guanidine groups is 1. The highest BCUT2D eigenvalue weighted by atomic mass is 79.9. The summed E-state index contributed by atoms with van der Waals surface area (Å²) in [5, 5.41) is 7.57. The highest BCUT2D eigenvalue weighted by Crippen LogP contribution is 2.32. The number of nitrogens with one attached hydrogen (secondary N) is 1. The molecule has 0 atom stereocenters. The van der Waals surface area contributed by atoms with E-state index < -0.39 is 0 Å². The maximum atomic E-state index is 4.38. The average Bonchev–Trinajstić information content (AvgIpc) is 2.95. The molecule has 0 aliphatic carbocycles. The Morgan fingerprint density at radius 3 is 2.60 bits per heavy atom. The van der Waals surface area contributed by atoms with E-state index in [1.54, 1.807) is 18.1 Å². The fourth-order valence-electron chi connectivity index (χ4n) is 2.28. The van der Waals surface area contributed by atoms with Crippen molar-refractivity contribution in [2.45, 2.75) is 30.0 Å². The predicted octanol–water partition coefficient (Wildman–Crippen LogP) is 3.16. The highest BCUT2D eigenvalue weighted by molar-refractivity contribution is 9.10. The topological polar surface area (TPSA) is 58.3 Å². The Kier molecular flexibility index (Phi) is 6.89. The summed E-state index contributed by atoms with van der Waals surface area (Å²) in [5.41, 5.74) is 0. The van der Waals surface area contributed by atoms with E-state index in [0.717, 1.165) is 22.8 Å². The van der Waals surface area contributed by atoms with Gasteiger partial charge in [-0.25, -0.2) is 4.98 Å². The third kappa shape index (κ3) is 6.04. The number of aromatic nitrogens is 3. The molecule has 0 saturated carbocycles. The summed E-state index contributed by atoms with van der Waals surface area (Å²) < 4.78 is 2.89. The van der Waals surface area contributed by atoms with E-state index in [2.05, 4.69) is 74.4 Å². The van der Waals surface area contributed by atoms with Crippen LogP contribution in [-0.4, -0.2) is 51.0 Å². The zero-order chi connectivity index (χ0) is 18.4. The van der Waals surface area contributed by atoms with Crippen LogP contribution in [-0.2, 0) is 13.6 Å². The van der Waals surface area contributed by atoms with Crippen LogP contribution >= 0.6 is 27.7 Å². The minimum atomic E-state index is 0.0232. The molecule has 0 aliphatic rings. The Morgan fingerprint density at radius 1 is 1.36 bits per heavy atom. The lowest BCUT2D eigenvalue weighted by Crippen LogP contribution is -2.44. The lowest BCUT2D eigenvalue weighted by molar-refractivity contribution is 0.445. The van der Waals surface area contributed by atoms with Crippen molar-refractivity contribution in [3.8, 4) is 0 Å². The van der Waals surface area contributed by atoms with Crippen LogP contribution in [0.1, 0.15) is 19.7 Å². The van der Waals surface area contributed by atoms with Crippen molar-refractivity contribution in [3.05, 3.63) is 40.9 Å². The molecule has 2 rings (SSSR count). The number of rotatable bonds is 6. The largest absolute Gasteiger partial charge is 0.355 e. The summed E-state index contributed by atoms with van der Waals surface area (Å²) in [6.07, 6.45) is 1.57. The molecule has 8 heteroatoms. The van der Waals surface area contributed by atoms with Gasteiger partial charge in [0.05, 0.1) is 6.54 Å². The van der Waals surface area contributed by atoms with Gasteiger partial charge in [0.25, 0.3) is 0 Å². The first-order chi connectivity index (χ1) is 11.8. The summed E-state index contributed by atoms with van der Waals surface area (Å²) in [6, 6.07) is 8.40. The fraction of sp³-hybridized carbons (Fsp3) is 0.471. The van der Waals surface area contributed by atoms with Crippen LogP contribution in [0.2, 0.25) is 0 Å². The van der Waals surface area contributed by atoms with Gasteiger partial charge in [0.1, 0.15) is 12.2 Å². The van der Waals surface area contributed by atoms with Crippen LogP contribution in [0.3, 0.4) is 0 Å². The molecule has 1 heterocycles. The first-order valence-corrected chi connectivity index (χ1v) is 9.61. The van der Waals surface area contributed by atoms with E-state index >= 15 is 0 Å². The molecule has 0 amide bonds. The van der Waals surface area contributed by atoms with Crippen LogP contribution < -0.4 is 5.32 Å². The van der Waals surface area contributed by atoms with Crippen molar-refractivity contribution in [2.24, 2.45) is 12.0 Å². The first-order valence-electron chi connectivity index (χ1n) is 8.00. The molecule has 136 valence electrons. The van der Waals surface area contributed by atoms with Gasteiger partial charge < -0.3 is 10.2 Å². The number of hydrogen-bond acceptors (Lipinski definition) is 4. The summed E-state index contributed by atoms with van der Waals surface area (Å²) in [6.45, 7) is 5.89. The van der Waals surface area contributed by atoms with Crippen molar-refractivity contribution in [3.63, 3.8) is 0 Å². The second kappa shape index (κ2) is 8.71. The second-order valence-corrected chi connectivity index (χ2v) is 9.07. The van der Waals surface area contributed by atoms with Gasteiger partial charge in [0, 0.05) is 41.8 Å². The molecule has 0 aliphatic heterocycles. The Balaban J connectivity index is 1.92. The maximum absolute atomic E-state index is 4.38. The molecular formula is C17H25BrN6S. The van der Waals surface area contributed by atoms with E-state index in [1.165, 1.54) is 4.90 Å². The lowest BCUT2D eigenvalue weighted by atomic mass is 10.2. The number of aryl methyl sites for hydroxylation is 1. The molecule has 0 bridgehead atoms. The standard InChI is InChI=1S/C17H25BrN6S/c1-17(2,25-14-8-6-13(18)7-9-14)11-20-16(19-3)23(4)10-15-21-12-22-24(15)5/h6-9,12H,10-11H2,1-5H3,(H,19,20). The molecule has 25 heavy (non-hydrogen) atoms. The fourth-order valence-corrected chi connectivity index (χ4v) is 3.60. The van der Waals surface area contributed by atoms with Gasteiger partial charge in [-0.05, 0) is 38.1 Å². The molecule has 2 aromatic rings. The monoisotopic (exact) mass is 424 g/mol. The summed E-state index contributed by atoms with van der Waals surface area (Å²) in [4.78, 5) is 11.9.